The lowest BCUT2D eigenvalue weighted by molar-refractivity contribution is -0.131. The Kier molecular flexibility index (Phi) is 4.38. The van der Waals surface area contributed by atoms with Crippen molar-refractivity contribution in [3.8, 4) is 0 Å². The van der Waals surface area contributed by atoms with Crippen molar-refractivity contribution >= 4 is 5.91 Å². The molecule has 3 rings (SSSR count). The first-order chi connectivity index (χ1) is 9.31. The summed E-state index contributed by atoms with van der Waals surface area (Å²) in [4.78, 5) is 16.7. The van der Waals surface area contributed by atoms with E-state index < -0.39 is 0 Å². The second kappa shape index (κ2) is 6.23. The van der Waals surface area contributed by atoms with Crippen molar-refractivity contribution in [1.29, 1.82) is 0 Å². The van der Waals surface area contributed by atoms with Gasteiger partial charge in [0.1, 0.15) is 0 Å². The minimum Gasteiger partial charge on any atom is -0.342 e. The number of amides is 1. The van der Waals surface area contributed by atoms with Gasteiger partial charge in [-0.05, 0) is 57.5 Å². The first kappa shape index (κ1) is 13.4. The van der Waals surface area contributed by atoms with E-state index in [0.717, 1.165) is 19.0 Å². The van der Waals surface area contributed by atoms with Gasteiger partial charge in [0, 0.05) is 25.7 Å². The molecule has 3 aliphatic rings. The van der Waals surface area contributed by atoms with Crippen LogP contribution in [0.5, 0.6) is 0 Å². The van der Waals surface area contributed by atoms with Gasteiger partial charge < -0.3 is 15.1 Å². The Morgan fingerprint density at radius 2 is 1.68 bits per heavy atom. The van der Waals surface area contributed by atoms with E-state index in [4.69, 9.17) is 0 Å². The molecule has 1 aliphatic carbocycles. The van der Waals surface area contributed by atoms with Crippen molar-refractivity contribution in [3.63, 3.8) is 0 Å². The standard InChI is InChI=1S/C15H27N3O/c19-15(11-16-14-3-4-14)18-9-5-13(6-10-18)12-17-7-1-2-8-17/h13-14,16H,1-12H2. The van der Waals surface area contributed by atoms with Crippen molar-refractivity contribution < 1.29 is 4.79 Å². The van der Waals surface area contributed by atoms with Crippen molar-refractivity contribution in [2.24, 2.45) is 5.92 Å². The molecule has 0 bridgehead atoms. The van der Waals surface area contributed by atoms with Crippen molar-refractivity contribution in [2.45, 2.75) is 44.6 Å². The molecule has 0 spiro atoms. The number of carbonyl (C=O) groups excluding carboxylic acids is 1. The SMILES string of the molecule is O=C(CNC1CC1)N1CCC(CN2CCCC2)CC1. The first-order valence-corrected chi connectivity index (χ1v) is 8.05. The van der Waals surface area contributed by atoms with Crippen LogP contribution in [0, 0.1) is 5.92 Å². The fourth-order valence-corrected chi connectivity index (χ4v) is 3.33. The van der Waals surface area contributed by atoms with Crippen LogP contribution < -0.4 is 5.32 Å². The maximum atomic E-state index is 12.0. The molecule has 0 aromatic rings. The molecule has 0 atom stereocenters. The van der Waals surface area contributed by atoms with Crippen LogP contribution in [0.4, 0.5) is 0 Å². The van der Waals surface area contributed by atoms with Gasteiger partial charge in [0.25, 0.3) is 0 Å². The van der Waals surface area contributed by atoms with Gasteiger partial charge >= 0.3 is 0 Å². The normalized spacial score (nSPS) is 26.0. The van der Waals surface area contributed by atoms with Crippen molar-refractivity contribution in [2.75, 3.05) is 39.3 Å². The number of piperidine rings is 1. The van der Waals surface area contributed by atoms with Crippen LogP contribution in [0.25, 0.3) is 0 Å². The van der Waals surface area contributed by atoms with E-state index in [1.165, 1.54) is 58.2 Å². The molecule has 0 unspecified atom stereocenters. The minimum atomic E-state index is 0.312. The summed E-state index contributed by atoms with van der Waals surface area (Å²) in [5.41, 5.74) is 0. The highest BCUT2D eigenvalue weighted by atomic mass is 16.2. The third-order valence-corrected chi connectivity index (χ3v) is 4.80. The lowest BCUT2D eigenvalue weighted by atomic mass is 9.96. The second-order valence-corrected chi connectivity index (χ2v) is 6.49. The number of nitrogens with one attached hydrogen (secondary N) is 1. The fraction of sp³-hybridized carbons (Fsp3) is 0.933. The molecule has 0 aromatic heterocycles. The van der Waals surface area contributed by atoms with E-state index in [0.29, 0.717) is 18.5 Å². The van der Waals surface area contributed by atoms with Crippen LogP contribution in [0.2, 0.25) is 0 Å². The molecule has 4 nitrogen and oxygen atoms in total. The summed E-state index contributed by atoms with van der Waals surface area (Å²) in [6, 6.07) is 0.636. The first-order valence-electron chi connectivity index (χ1n) is 8.05. The van der Waals surface area contributed by atoms with Gasteiger partial charge in [-0.15, -0.1) is 0 Å². The van der Waals surface area contributed by atoms with Gasteiger partial charge in [0.05, 0.1) is 6.54 Å². The Labute approximate surface area is 116 Å². The van der Waals surface area contributed by atoms with E-state index in [9.17, 15) is 4.79 Å². The Hall–Kier alpha value is -0.610. The summed E-state index contributed by atoms with van der Waals surface area (Å²) >= 11 is 0. The largest absolute Gasteiger partial charge is 0.342 e. The van der Waals surface area contributed by atoms with Gasteiger partial charge in [-0.1, -0.05) is 0 Å². The predicted octanol–water partition coefficient (Wildman–Crippen LogP) is 1.07. The average molecular weight is 265 g/mol. The van der Waals surface area contributed by atoms with Crippen molar-refractivity contribution in [3.05, 3.63) is 0 Å². The summed E-state index contributed by atoms with van der Waals surface area (Å²) < 4.78 is 0. The van der Waals surface area contributed by atoms with Gasteiger partial charge in [0.15, 0.2) is 0 Å². The fourth-order valence-electron chi connectivity index (χ4n) is 3.33. The molecule has 108 valence electrons. The molecule has 1 N–H and O–H groups in total. The molecule has 2 saturated heterocycles. The Morgan fingerprint density at radius 3 is 2.32 bits per heavy atom. The van der Waals surface area contributed by atoms with Crippen LogP contribution in [-0.2, 0) is 4.79 Å². The monoisotopic (exact) mass is 265 g/mol. The lowest BCUT2D eigenvalue weighted by Crippen LogP contribution is -2.44. The van der Waals surface area contributed by atoms with Gasteiger partial charge in [-0.25, -0.2) is 0 Å². The molecule has 1 saturated carbocycles. The number of hydrogen-bond donors (Lipinski definition) is 1. The quantitative estimate of drug-likeness (QED) is 0.808. The van der Waals surface area contributed by atoms with E-state index in [2.05, 4.69) is 15.1 Å². The van der Waals surface area contributed by atoms with Gasteiger partial charge in [-0.2, -0.15) is 0 Å². The van der Waals surface area contributed by atoms with Gasteiger partial charge in [-0.3, -0.25) is 4.79 Å². The molecule has 2 aliphatic heterocycles. The number of likely N-dealkylation sites (tertiary alicyclic amines) is 2. The summed E-state index contributed by atoms with van der Waals surface area (Å²) in [6.45, 7) is 6.37. The number of carbonyl (C=O) groups is 1. The zero-order chi connectivity index (χ0) is 13.1. The molecule has 3 fully saturated rings. The Bertz CT molecular complexity index is 303. The second-order valence-electron chi connectivity index (χ2n) is 6.49. The van der Waals surface area contributed by atoms with Crippen LogP contribution in [0.3, 0.4) is 0 Å². The highest BCUT2D eigenvalue weighted by Gasteiger charge is 2.26. The molecular weight excluding hydrogens is 238 g/mol. The molecule has 0 radical (unpaired) electrons. The molecule has 2 heterocycles. The topological polar surface area (TPSA) is 35.6 Å². The lowest BCUT2D eigenvalue weighted by Gasteiger charge is -2.34. The summed E-state index contributed by atoms with van der Waals surface area (Å²) in [6.07, 6.45) is 7.67. The highest BCUT2D eigenvalue weighted by molar-refractivity contribution is 5.78. The third kappa shape index (κ3) is 3.93. The minimum absolute atomic E-state index is 0.312. The van der Waals surface area contributed by atoms with Crippen LogP contribution >= 0.6 is 0 Å². The molecule has 0 aromatic carbocycles. The highest BCUT2D eigenvalue weighted by Crippen LogP contribution is 2.21. The summed E-state index contributed by atoms with van der Waals surface area (Å²) in [5, 5.41) is 3.32. The number of hydrogen-bond acceptors (Lipinski definition) is 3. The zero-order valence-corrected chi connectivity index (χ0v) is 11.9. The number of rotatable bonds is 5. The summed E-state index contributed by atoms with van der Waals surface area (Å²) in [7, 11) is 0. The van der Waals surface area contributed by atoms with E-state index in [1.54, 1.807) is 0 Å². The molecular formula is C15H27N3O. The van der Waals surface area contributed by atoms with Crippen LogP contribution in [0.15, 0.2) is 0 Å². The van der Waals surface area contributed by atoms with Crippen LogP contribution in [-0.4, -0.2) is 61.0 Å². The van der Waals surface area contributed by atoms with E-state index in [1.807, 2.05) is 0 Å². The summed E-state index contributed by atoms with van der Waals surface area (Å²) in [5.74, 6) is 1.13. The maximum absolute atomic E-state index is 12.0. The number of nitrogens with zero attached hydrogens (tertiary/aromatic N) is 2. The Balaban J connectivity index is 1.34. The molecule has 19 heavy (non-hydrogen) atoms. The average Bonchev–Trinajstić information content (AvgIpc) is 3.13. The Morgan fingerprint density at radius 1 is 1.00 bits per heavy atom. The predicted molar refractivity (Wildman–Crippen MR) is 76.0 cm³/mol. The molecule has 4 heteroatoms. The van der Waals surface area contributed by atoms with Crippen molar-refractivity contribution in [1.82, 2.24) is 15.1 Å². The zero-order valence-electron chi connectivity index (χ0n) is 11.9. The maximum Gasteiger partial charge on any atom is 0.236 e. The van der Waals surface area contributed by atoms with E-state index >= 15 is 0 Å². The van der Waals surface area contributed by atoms with Gasteiger partial charge in [0.2, 0.25) is 5.91 Å². The smallest absolute Gasteiger partial charge is 0.236 e. The van der Waals surface area contributed by atoms with E-state index in [-0.39, 0.29) is 0 Å². The third-order valence-electron chi connectivity index (χ3n) is 4.80. The van der Waals surface area contributed by atoms with Crippen LogP contribution in [0.1, 0.15) is 38.5 Å². The molecule has 1 amide bonds.